The maximum atomic E-state index is 12.7. The van der Waals surface area contributed by atoms with Gasteiger partial charge in [0.15, 0.2) is 0 Å². The Hall–Kier alpha value is 0.361. The van der Waals surface area contributed by atoms with Crippen molar-refractivity contribution in [2.75, 3.05) is 0 Å². The average Bonchev–Trinajstić information content (AvgIpc) is 2.14. The first-order valence-corrected chi connectivity index (χ1v) is 4.00. The first-order chi connectivity index (χ1) is 7.12. The molecule has 1 unspecified atom stereocenters. The van der Waals surface area contributed by atoms with E-state index in [-0.39, 0.29) is 51.4 Å². The summed E-state index contributed by atoms with van der Waals surface area (Å²) in [7, 11) is 0. The number of alkyl halides is 4. The van der Waals surface area contributed by atoms with Crippen molar-refractivity contribution >= 4 is 12.6 Å². The van der Waals surface area contributed by atoms with Crippen LogP contribution in [0.3, 0.4) is 0 Å². The van der Waals surface area contributed by atoms with E-state index in [0.717, 1.165) is 0 Å². The molecule has 90 valence electrons. The van der Waals surface area contributed by atoms with Crippen LogP contribution in [0.15, 0.2) is 18.2 Å². The van der Waals surface area contributed by atoms with Gasteiger partial charge in [-0.2, -0.15) is 13.2 Å². The molecule has 0 radical (unpaired) electrons. The van der Waals surface area contributed by atoms with Crippen molar-refractivity contribution in [3.05, 3.63) is 23.9 Å². The molecule has 0 N–H and O–H groups in total. The van der Waals surface area contributed by atoms with Crippen LogP contribution in [0.2, 0.25) is 0 Å². The van der Waals surface area contributed by atoms with E-state index in [0.29, 0.717) is 18.2 Å². The van der Waals surface area contributed by atoms with Crippen LogP contribution in [0.4, 0.5) is 30.5 Å². The molecule has 1 aromatic rings. The number of rotatable bonds is 2. The zero-order valence-electron chi connectivity index (χ0n) is 8.48. The molecule has 0 bridgehead atoms. The summed E-state index contributed by atoms with van der Waals surface area (Å²) in [5, 5.41) is 0. The van der Waals surface area contributed by atoms with E-state index in [1.165, 1.54) is 0 Å². The molecule has 0 fully saturated rings. The predicted octanol–water partition coefficient (Wildman–Crippen LogP) is -0.287. The minimum atomic E-state index is -5.54. The van der Waals surface area contributed by atoms with Crippen molar-refractivity contribution in [2.24, 2.45) is 0 Å². The van der Waals surface area contributed by atoms with Crippen molar-refractivity contribution in [2.45, 2.75) is 12.3 Å². The molecule has 1 nitrogen and oxygen atoms in total. The zero-order valence-corrected chi connectivity index (χ0v) is 11.6. The maximum Gasteiger partial charge on any atom is 1.00 e. The molecule has 0 saturated heterocycles. The number of hydrogen-bond acceptors (Lipinski definition) is 1. The second kappa shape index (κ2) is 6.00. The third-order valence-electron chi connectivity index (χ3n) is 1.67. The zero-order chi connectivity index (χ0) is 12.6. The Bertz CT molecular complexity index is 377. The van der Waals surface area contributed by atoms with Crippen LogP contribution in [-0.4, -0.2) is 18.1 Å². The molecule has 1 rings (SSSR count). The minimum absolute atomic E-state index is 0. The topological polar surface area (TPSA) is 12.9 Å². The van der Waals surface area contributed by atoms with Gasteiger partial charge >= 0.3 is 64.5 Å². The Morgan fingerprint density at radius 1 is 1.12 bits per heavy atom. The van der Waals surface area contributed by atoms with Gasteiger partial charge in [-0.15, -0.1) is 0 Å². The van der Waals surface area contributed by atoms with Gasteiger partial charge in [0.25, 0.3) is 0 Å². The summed E-state index contributed by atoms with van der Waals surface area (Å²) in [6.07, 6.45) is -8.77. The van der Waals surface area contributed by atoms with Crippen LogP contribution in [-0.2, 0) is 0 Å². The fraction of sp³-hybridized carbons (Fsp3) is 0.286. The second-order valence-electron chi connectivity index (χ2n) is 2.97. The summed E-state index contributed by atoms with van der Waals surface area (Å²) in [6.45, 7) is -5.54. The molecule has 1 aromatic heterocycles. The van der Waals surface area contributed by atoms with E-state index in [1.54, 1.807) is 0 Å². The summed E-state index contributed by atoms with van der Waals surface area (Å²) >= 11 is 0. The molecular formula is C7H4BF7KN. The largest absolute Gasteiger partial charge is 1.00 e. The second-order valence-corrected chi connectivity index (χ2v) is 2.97. The van der Waals surface area contributed by atoms with Crippen molar-refractivity contribution < 1.29 is 81.9 Å². The summed E-state index contributed by atoms with van der Waals surface area (Å²) in [5.74, 6) is 0. The van der Waals surface area contributed by atoms with Gasteiger partial charge in [-0.05, 0) is 11.7 Å². The monoisotopic (exact) mass is 285 g/mol. The number of pyridine rings is 1. The van der Waals surface area contributed by atoms with Gasteiger partial charge in [0.1, 0.15) is 0 Å². The summed E-state index contributed by atoms with van der Waals surface area (Å²) in [6, 6.07) is 1.74. The van der Waals surface area contributed by atoms with E-state index >= 15 is 0 Å². The number of aromatic nitrogens is 1. The normalized spacial score (nSPS) is 14.1. The number of nitrogens with zero attached hydrogens (tertiary/aromatic N) is 1. The summed E-state index contributed by atoms with van der Waals surface area (Å²) in [4.78, 5) is 2.62. The molecule has 0 amide bonds. The molecule has 0 aliphatic carbocycles. The quantitative estimate of drug-likeness (QED) is 0.538. The van der Waals surface area contributed by atoms with Crippen LogP contribution >= 0.6 is 0 Å². The first kappa shape index (κ1) is 17.4. The van der Waals surface area contributed by atoms with Gasteiger partial charge in [-0.3, -0.25) is 4.98 Å². The van der Waals surface area contributed by atoms with E-state index in [4.69, 9.17) is 0 Å². The summed E-state index contributed by atoms with van der Waals surface area (Å²) < 4.78 is 84.7. The molecule has 17 heavy (non-hydrogen) atoms. The van der Waals surface area contributed by atoms with Crippen molar-refractivity contribution in [1.82, 2.24) is 4.98 Å². The van der Waals surface area contributed by atoms with Gasteiger partial charge < -0.3 is 12.9 Å². The third kappa shape index (κ3) is 4.86. The molecule has 0 spiro atoms. The van der Waals surface area contributed by atoms with Gasteiger partial charge in [-0.25, -0.2) is 4.39 Å². The Morgan fingerprint density at radius 3 is 2.06 bits per heavy atom. The van der Waals surface area contributed by atoms with Crippen LogP contribution in [0, 0.1) is 0 Å². The van der Waals surface area contributed by atoms with Gasteiger partial charge in [0.05, 0.1) is 5.69 Å². The van der Waals surface area contributed by atoms with E-state index in [2.05, 4.69) is 4.98 Å². The van der Waals surface area contributed by atoms with Crippen LogP contribution in [0.5, 0.6) is 0 Å². The molecular weight excluding hydrogens is 281 g/mol. The summed E-state index contributed by atoms with van der Waals surface area (Å²) in [5.41, 5.74) is -2.78. The predicted molar refractivity (Wildman–Crippen MR) is 42.9 cm³/mol. The van der Waals surface area contributed by atoms with Crippen molar-refractivity contribution in [1.29, 1.82) is 0 Å². The first-order valence-electron chi connectivity index (χ1n) is 4.00. The van der Waals surface area contributed by atoms with Gasteiger partial charge in [0, 0.05) is 0 Å². The standard InChI is InChI=1S/C7H4BF7N.K/c9-6(7(10,11)12)4-2-1-3-5(16-4)8(13,14)15;/h1-3,6H;/q-1;+1. The molecule has 0 aliphatic heterocycles. The maximum absolute atomic E-state index is 12.7. The van der Waals surface area contributed by atoms with Gasteiger partial charge in [0.2, 0.25) is 6.17 Å². The molecule has 0 aromatic carbocycles. The minimum Gasteiger partial charge on any atom is -0.444 e. The molecule has 10 heteroatoms. The van der Waals surface area contributed by atoms with Crippen LogP contribution in [0.25, 0.3) is 0 Å². The van der Waals surface area contributed by atoms with Gasteiger partial charge in [-0.1, -0.05) is 12.1 Å². The Kier molecular flexibility index (Phi) is 6.13. The van der Waals surface area contributed by atoms with Crippen molar-refractivity contribution in [3.8, 4) is 0 Å². The molecule has 1 heterocycles. The molecule has 0 saturated carbocycles. The van der Waals surface area contributed by atoms with E-state index < -0.39 is 30.6 Å². The number of hydrogen-bond donors (Lipinski definition) is 0. The smallest absolute Gasteiger partial charge is 0.444 e. The average molecular weight is 285 g/mol. The number of halogens is 7. The van der Waals surface area contributed by atoms with E-state index in [9.17, 15) is 30.5 Å². The van der Waals surface area contributed by atoms with Crippen LogP contribution < -0.4 is 57.0 Å². The Labute approximate surface area is 134 Å². The molecule has 1 atom stereocenters. The Balaban J connectivity index is 0.00000256. The van der Waals surface area contributed by atoms with Crippen molar-refractivity contribution in [3.63, 3.8) is 0 Å². The fourth-order valence-corrected chi connectivity index (χ4v) is 0.960. The Morgan fingerprint density at radius 2 is 1.65 bits per heavy atom. The fourth-order valence-electron chi connectivity index (χ4n) is 0.960. The van der Waals surface area contributed by atoms with E-state index in [1.807, 2.05) is 0 Å². The third-order valence-corrected chi connectivity index (χ3v) is 1.67. The SMILES string of the molecule is FC(c1cccc([B-](F)(F)F)n1)C(F)(F)F.[K+]. The van der Waals surface area contributed by atoms with Crippen LogP contribution in [0.1, 0.15) is 11.9 Å². The molecule has 0 aliphatic rings.